The van der Waals surface area contributed by atoms with Crippen LogP contribution in [-0.2, 0) is 25.5 Å². The van der Waals surface area contributed by atoms with Crippen molar-refractivity contribution in [2.24, 2.45) is 0 Å². The molecule has 0 saturated heterocycles. The minimum atomic E-state index is -3.99. The predicted molar refractivity (Wildman–Crippen MR) is 71.1 cm³/mol. The summed E-state index contributed by atoms with van der Waals surface area (Å²) in [5.74, 6) is -1.79. The number of carbonyl (C=O) groups excluding carboxylic acids is 1. The van der Waals surface area contributed by atoms with E-state index < -0.39 is 23.3 Å². The highest BCUT2D eigenvalue weighted by Crippen LogP contribution is 2.31. The van der Waals surface area contributed by atoms with E-state index in [1.165, 1.54) is 0 Å². The van der Waals surface area contributed by atoms with Gasteiger partial charge in [-0.2, -0.15) is 8.78 Å². The second-order valence-corrected chi connectivity index (χ2v) is 4.82. The molecular weight excluding hydrogens is 306 g/mol. The Morgan fingerprint density at radius 3 is 2.62 bits per heavy atom. The van der Waals surface area contributed by atoms with Crippen LogP contribution in [0.1, 0.15) is 5.56 Å². The minimum absolute atomic E-state index is 0.306. The lowest BCUT2D eigenvalue weighted by molar-refractivity contribution is -0.433. The maximum atomic E-state index is 13.1. The highest BCUT2D eigenvalue weighted by molar-refractivity contribution is 7.96. The van der Waals surface area contributed by atoms with Crippen molar-refractivity contribution in [1.82, 2.24) is 0 Å². The summed E-state index contributed by atoms with van der Waals surface area (Å²) in [6, 6.07) is 12.7. The first-order valence-corrected chi connectivity index (χ1v) is 6.46. The second kappa shape index (κ2) is 6.81. The molecule has 112 valence electrons. The molecular formula is C13H10F2O5S. The molecule has 0 unspecified atom stereocenters. The topological polar surface area (TPSA) is 65.0 Å². The number of carbonyl (C=O) groups is 1. The van der Waals surface area contributed by atoms with Crippen LogP contribution in [0.4, 0.5) is 8.78 Å². The van der Waals surface area contributed by atoms with Gasteiger partial charge >= 0.3 is 11.2 Å². The Bertz CT molecular complexity index is 635. The SMILES string of the molecule is O=C(OCc1ccc2ccccc2c1)C(F)(F)SOOO. The predicted octanol–water partition coefficient (Wildman–Crippen LogP) is 3.55. The van der Waals surface area contributed by atoms with Crippen molar-refractivity contribution >= 4 is 28.8 Å². The Kier molecular flexibility index (Phi) is 5.07. The Morgan fingerprint density at radius 1 is 1.19 bits per heavy atom. The average molecular weight is 316 g/mol. The molecule has 0 saturated carbocycles. The molecule has 0 heterocycles. The van der Waals surface area contributed by atoms with Crippen LogP contribution in [0.15, 0.2) is 42.5 Å². The van der Waals surface area contributed by atoms with Gasteiger partial charge in [0.1, 0.15) is 18.6 Å². The molecule has 1 N–H and O–H groups in total. The first-order chi connectivity index (χ1) is 10.0. The van der Waals surface area contributed by atoms with E-state index in [9.17, 15) is 13.6 Å². The van der Waals surface area contributed by atoms with Gasteiger partial charge in [0.15, 0.2) is 0 Å². The Hall–Kier alpha value is -1.74. The minimum Gasteiger partial charge on any atom is -0.456 e. The number of hydrogen-bond donors (Lipinski definition) is 1. The number of halogens is 2. The van der Waals surface area contributed by atoms with E-state index in [4.69, 9.17) is 5.26 Å². The van der Waals surface area contributed by atoms with E-state index in [2.05, 4.69) is 14.1 Å². The van der Waals surface area contributed by atoms with Gasteiger partial charge in [-0.05, 0) is 22.4 Å². The largest absolute Gasteiger partial charge is 0.456 e. The molecule has 8 heteroatoms. The quantitative estimate of drug-likeness (QED) is 0.380. The van der Waals surface area contributed by atoms with Crippen LogP contribution in [0.25, 0.3) is 10.8 Å². The summed E-state index contributed by atoms with van der Waals surface area (Å²) in [7, 11) is 0. The van der Waals surface area contributed by atoms with Crippen molar-refractivity contribution in [1.29, 1.82) is 0 Å². The third kappa shape index (κ3) is 4.11. The summed E-state index contributed by atoms with van der Waals surface area (Å²) >= 11 is -0.656. The van der Waals surface area contributed by atoms with Gasteiger partial charge in [-0.3, -0.25) is 0 Å². The summed E-state index contributed by atoms with van der Waals surface area (Å²) in [5.41, 5.74) is 0.571. The second-order valence-electron chi connectivity index (χ2n) is 4.00. The number of benzene rings is 2. The van der Waals surface area contributed by atoms with Gasteiger partial charge in [0.2, 0.25) is 0 Å². The van der Waals surface area contributed by atoms with Crippen LogP contribution in [0.3, 0.4) is 0 Å². The van der Waals surface area contributed by atoms with Crippen LogP contribution in [-0.4, -0.2) is 16.5 Å². The number of ether oxygens (including phenoxy) is 1. The van der Waals surface area contributed by atoms with E-state index in [0.29, 0.717) is 5.56 Å². The fourth-order valence-electron chi connectivity index (χ4n) is 1.65. The van der Waals surface area contributed by atoms with Crippen LogP contribution < -0.4 is 0 Å². The number of hydrogen-bond acceptors (Lipinski definition) is 6. The van der Waals surface area contributed by atoms with Crippen molar-refractivity contribution < 1.29 is 32.9 Å². The third-order valence-electron chi connectivity index (χ3n) is 2.59. The van der Waals surface area contributed by atoms with E-state index in [0.717, 1.165) is 10.8 Å². The fourth-order valence-corrected chi connectivity index (χ4v) is 1.90. The molecule has 0 aliphatic rings. The maximum Gasteiger partial charge on any atom is 0.415 e. The maximum absolute atomic E-state index is 13.1. The highest BCUT2D eigenvalue weighted by Gasteiger charge is 2.44. The van der Waals surface area contributed by atoms with Gasteiger partial charge < -0.3 is 4.74 Å². The molecule has 2 rings (SSSR count). The monoisotopic (exact) mass is 316 g/mol. The Balaban J connectivity index is 1.99. The van der Waals surface area contributed by atoms with Gasteiger partial charge in [0.05, 0.1) is 0 Å². The fraction of sp³-hybridized carbons (Fsp3) is 0.154. The zero-order chi connectivity index (χ0) is 15.3. The lowest BCUT2D eigenvalue weighted by atomic mass is 10.1. The van der Waals surface area contributed by atoms with Crippen LogP contribution in [0, 0.1) is 0 Å². The standard InChI is InChI=1S/C13H10F2O5S/c14-13(15,21-20-19-17)12(16)18-8-9-5-6-10-3-1-2-4-11(10)7-9/h1-7,17H,8H2. The summed E-state index contributed by atoms with van der Waals surface area (Å²) in [6.45, 7) is -0.306. The van der Waals surface area contributed by atoms with Crippen molar-refractivity contribution in [3.63, 3.8) is 0 Å². The first kappa shape index (κ1) is 15.6. The van der Waals surface area contributed by atoms with Crippen molar-refractivity contribution in [2.75, 3.05) is 0 Å². The van der Waals surface area contributed by atoms with Gasteiger partial charge in [-0.15, -0.1) is 4.33 Å². The zero-order valence-electron chi connectivity index (χ0n) is 10.5. The molecule has 0 spiro atoms. The van der Waals surface area contributed by atoms with E-state index in [-0.39, 0.29) is 6.61 Å². The molecule has 0 aromatic heterocycles. The molecule has 0 amide bonds. The van der Waals surface area contributed by atoms with Crippen LogP contribution in [0.5, 0.6) is 0 Å². The molecule has 0 bridgehead atoms. The summed E-state index contributed by atoms with van der Waals surface area (Å²) in [6.07, 6.45) is 0. The number of alkyl halides is 2. The van der Waals surface area contributed by atoms with Crippen LogP contribution in [0.2, 0.25) is 0 Å². The Labute approximate surface area is 122 Å². The van der Waals surface area contributed by atoms with Gasteiger partial charge in [0.25, 0.3) is 0 Å². The molecule has 0 radical (unpaired) electrons. The van der Waals surface area contributed by atoms with Crippen molar-refractivity contribution in [3.05, 3.63) is 48.0 Å². The van der Waals surface area contributed by atoms with E-state index >= 15 is 0 Å². The molecule has 21 heavy (non-hydrogen) atoms. The summed E-state index contributed by atoms with van der Waals surface area (Å²) < 4.78 is 34.3. The number of rotatable bonds is 6. The third-order valence-corrected chi connectivity index (χ3v) is 3.10. The zero-order valence-corrected chi connectivity index (χ0v) is 11.3. The summed E-state index contributed by atoms with van der Waals surface area (Å²) in [4.78, 5) is 11.2. The molecule has 0 fully saturated rings. The number of esters is 1. The Morgan fingerprint density at radius 2 is 1.90 bits per heavy atom. The number of fused-ring (bicyclic) bond motifs is 1. The molecule has 0 atom stereocenters. The summed E-state index contributed by atoms with van der Waals surface area (Å²) in [5, 5.41) is 8.71. The van der Waals surface area contributed by atoms with Gasteiger partial charge in [-0.25, -0.2) is 10.1 Å². The van der Waals surface area contributed by atoms with Crippen molar-refractivity contribution in [3.8, 4) is 0 Å². The first-order valence-electron chi connectivity index (χ1n) is 5.71. The lowest BCUT2D eigenvalue weighted by Crippen LogP contribution is -2.27. The average Bonchev–Trinajstić information content (AvgIpc) is 2.50. The molecule has 0 aliphatic heterocycles. The highest BCUT2D eigenvalue weighted by atomic mass is 32.2. The lowest BCUT2D eigenvalue weighted by Gasteiger charge is -2.12. The van der Waals surface area contributed by atoms with Gasteiger partial charge in [0, 0.05) is 0 Å². The smallest absolute Gasteiger partial charge is 0.415 e. The van der Waals surface area contributed by atoms with Crippen molar-refractivity contribution in [2.45, 2.75) is 11.9 Å². The molecule has 2 aromatic carbocycles. The molecule has 2 aromatic rings. The van der Waals surface area contributed by atoms with Gasteiger partial charge in [-0.1, -0.05) is 41.4 Å². The van der Waals surface area contributed by atoms with Crippen LogP contribution >= 0.6 is 12.0 Å². The molecule has 5 nitrogen and oxygen atoms in total. The van der Waals surface area contributed by atoms with E-state index in [1.54, 1.807) is 18.2 Å². The van der Waals surface area contributed by atoms with E-state index in [1.807, 2.05) is 24.3 Å². The molecule has 0 aliphatic carbocycles. The normalized spacial score (nSPS) is 11.6.